The number of aryl methyl sites for hydroxylation is 1. The van der Waals surface area contributed by atoms with Gasteiger partial charge in [-0.3, -0.25) is 4.90 Å². The number of carboxylic acid groups (broad SMARTS) is 1. The molecule has 1 aliphatic heterocycles. The third-order valence-electron chi connectivity index (χ3n) is 7.48. The Kier molecular flexibility index (Phi) is 8.01. The summed E-state index contributed by atoms with van der Waals surface area (Å²) < 4.78 is 16.3. The van der Waals surface area contributed by atoms with Gasteiger partial charge in [-0.25, -0.2) is 14.8 Å². The lowest BCUT2D eigenvalue weighted by Crippen LogP contribution is -2.53. The van der Waals surface area contributed by atoms with Crippen LogP contribution in [0.25, 0.3) is 11.0 Å². The van der Waals surface area contributed by atoms with Crippen LogP contribution in [0.15, 0.2) is 73.2 Å². The van der Waals surface area contributed by atoms with Crippen LogP contribution in [0, 0.1) is 11.3 Å². The fourth-order valence-corrected chi connectivity index (χ4v) is 5.41. The predicted molar refractivity (Wildman–Crippen MR) is 160 cm³/mol. The zero-order valence-corrected chi connectivity index (χ0v) is 24.2. The molecule has 1 aliphatic rings. The van der Waals surface area contributed by atoms with E-state index in [9.17, 15) is 15.2 Å². The van der Waals surface area contributed by atoms with Crippen molar-refractivity contribution in [2.75, 3.05) is 13.1 Å². The minimum Gasteiger partial charge on any atom is -0.488 e. The number of nitriles is 1. The van der Waals surface area contributed by atoms with Crippen LogP contribution in [0.4, 0.5) is 0 Å². The van der Waals surface area contributed by atoms with Crippen LogP contribution < -0.4 is 9.47 Å². The highest BCUT2D eigenvalue weighted by Gasteiger charge is 2.30. The fraction of sp³-hybridized carbons (Fsp3) is 0.250. The first-order valence-corrected chi connectivity index (χ1v) is 14.3. The Hall–Kier alpha value is -4.85. The summed E-state index contributed by atoms with van der Waals surface area (Å²) in [5, 5.41) is 19.4. The van der Waals surface area contributed by atoms with Crippen LogP contribution in [0.2, 0.25) is 5.02 Å². The molecule has 1 saturated heterocycles. The molecule has 0 atom stereocenters. The van der Waals surface area contributed by atoms with E-state index in [1.165, 1.54) is 0 Å². The van der Waals surface area contributed by atoms with Gasteiger partial charge < -0.3 is 23.7 Å². The molecule has 6 rings (SSSR count). The summed E-state index contributed by atoms with van der Waals surface area (Å²) in [5.74, 6) is 1.13. The molecule has 0 bridgehead atoms. The molecule has 0 spiro atoms. The van der Waals surface area contributed by atoms with Crippen LogP contribution in [0.1, 0.15) is 39.9 Å². The average molecular weight is 597 g/mol. The van der Waals surface area contributed by atoms with E-state index in [0.717, 1.165) is 53.5 Å². The predicted octanol–water partition coefficient (Wildman–Crippen LogP) is 5.37. The van der Waals surface area contributed by atoms with Gasteiger partial charge in [0.05, 0.1) is 47.3 Å². The highest BCUT2D eigenvalue weighted by molar-refractivity contribution is 6.30. The zero-order chi connectivity index (χ0) is 29.9. The number of carbonyl (C=O) groups is 1. The number of aromatic nitrogens is 4. The number of hydrogen-bond acceptors (Lipinski definition) is 7. The molecule has 0 radical (unpaired) electrons. The van der Waals surface area contributed by atoms with Gasteiger partial charge in [0.2, 0.25) is 0 Å². The number of ether oxygens (including phenoxy) is 2. The molecule has 11 heteroatoms. The van der Waals surface area contributed by atoms with Crippen LogP contribution >= 0.6 is 11.6 Å². The van der Waals surface area contributed by atoms with E-state index >= 15 is 0 Å². The minimum absolute atomic E-state index is 0.0237. The number of carboxylic acids is 1. The smallest absolute Gasteiger partial charge is 0.335 e. The van der Waals surface area contributed by atoms with Crippen molar-refractivity contribution in [2.45, 2.75) is 39.3 Å². The molecule has 3 aromatic carbocycles. The Morgan fingerprint density at radius 1 is 1.14 bits per heavy atom. The second-order valence-electron chi connectivity index (χ2n) is 10.4. The molecule has 43 heavy (non-hydrogen) atoms. The first kappa shape index (κ1) is 28.3. The number of hydrogen-bond donors (Lipinski definition) is 1. The Morgan fingerprint density at radius 3 is 2.79 bits per heavy atom. The van der Waals surface area contributed by atoms with E-state index in [1.807, 2.05) is 30.5 Å². The third-order valence-corrected chi connectivity index (χ3v) is 7.71. The summed E-state index contributed by atoms with van der Waals surface area (Å²) in [4.78, 5) is 23.1. The van der Waals surface area contributed by atoms with Crippen molar-refractivity contribution in [1.82, 2.24) is 24.0 Å². The lowest BCUT2D eigenvalue weighted by atomic mass is 10.1. The summed E-state index contributed by atoms with van der Waals surface area (Å²) in [6.07, 6.45) is 3.66. The average Bonchev–Trinajstić information content (AvgIpc) is 3.59. The molecule has 218 valence electrons. The van der Waals surface area contributed by atoms with Gasteiger partial charge in [-0.15, -0.1) is 0 Å². The lowest BCUT2D eigenvalue weighted by Gasteiger charge is -2.38. The summed E-state index contributed by atoms with van der Waals surface area (Å²) >= 11 is 5.98. The zero-order valence-electron chi connectivity index (χ0n) is 23.5. The molecule has 3 heterocycles. The monoisotopic (exact) mass is 596 g/mol. The van der Waals surface area contributed by atoms with Gasteiger partial charge in [-0.05, 0) is 61.0 Å². The molecule has 5 aromatic rings. The van der Waals surface area contributed by atoms with Gasteiger partial charge in [-0.2, -0.15) is 5.26 Å². The van der Waals surface area contributed by atoms with Gasteiger partial charge in [0.25, 0.3) is 0 Å². The number of rotatable bonds is 11. The fourth-order valence-electron chi connectivity index (χ4n) is 5.23. The van der Waals surface area contributed by atoms with E-state index in [1.54, 1.807) is 42.7 Å². The van der Waals surface area contributed by atoms with Gasteiger partial charge in [0.1, 0.15) is 36.1 Å². The summed E-state index contributed by atoms with van der Waals surface area (Å²) in [6.45, 7) is 5.75. The van der Waals surface area contributed by atoms with Crippen LogP contribution in [0.3, 0.4) is 0 Å². The van der Waals surface area contributed by atoms with Crippen molar-refractivity contribution in [3.63, 3.8) is 0 Å². The summed E-state index contributed by atoms with van der Waals surface area (Å²) in [6, 6.07) is 19.9. The van der Waals surface area contributed by atoms with Crippen molar-refractivity contribution >= 4 is 28.6 Å². The van der Waals surface area contributed by atoms with E-state index in [0.29, 0.717) is 36.0 Å². The van der Waals surface area contributed by atoms with Gasteiger partial charge in [0.15, 0.2) is 0 Å². The van der Waals surface area contributed by atoms with Crippen molar-refractivity contribution < 1.29 is 19.4 Å². The van der Waals surface area contributed by atoms with Gasteiger partial charge >= 0.3 is 5.97 Å². The highest BCUT2D eigenvalue weighted by Crippen LogP contribution is 2.26. The molecular formula is C32H29ClN6O4. The number of aromatic carboxylic acids is 1. The van der Waals surface area contributed by atoms with Crippen molar-refractivity contribution in [3.05, 3.63) is 106 Å². The number of fused-ring (bicyclic) bond motifs is 1. The molecule has 10 nitrogen and oxygen atoms in total. The maximum absolute atomic E-state index is 11.7. The van der Waals surface area contributed by atoms with E-state index in [-0.39, 0.29) is 11.7 Å². The first-order valence-electron chi connectivity index (χ1n) is 13.9. The molecule has 0 amide bonds. The van der Waals surface area contributed by atoms with Crippen molar-refractivity contribution in [3.8, 4) is 17.6 Å². The van der Waals surface area contributed by atoms with Gasteiger partial charge in [-0.1, -0.05) is 23.7 Å². The van der Waals surface area contributed by atoms with E-state index in [4.69, 9.17) is 26.1 Å². The number of benzene rings is 3. The number of halogens is 1. The molecule has 0 saturated carbocycles. The Bertz CT molecular complexity index is 1840. The molecule has 1 fully saturated rings. The molecule has 0 unspecified atom stereocenters. The molecular weight excluding hydrogens is 568 g/mol. The Morgan fingerprint density at radius 2 is 2.00 bits per heavy atom. The van der Waals surface area contributed by atoms with E-state index in [2.05, 4.69) is 32.0 Å². The standard InChI is InChI=1S/C32H29ClN6O4/c1-2-38-20-35-14-25(38)15-39-29-12-22(32(40)41)6-8-28(29)36-31(39)18-37-16-27(17-37)43-26-5-3-4-21(10-26)19-42-30-9-7-24(33)11-23(30)13-34/h3-12,14,20,27H,2,15-19H2,1H3,(H,40,41). The summed E-state index contributed by atoms with van der Waals surface area (Å²) in [7, 11) is 0. The van der Waals surface area contributed by atoms with Crippen LogP contribution in [0.5, 0.6) is 11.5 Å². The Balaban J connectivity index is 1.11. The van der Waals surface area contributed by atoms with Crippen molar-refractivity contribution in [2.24, 2.45) is 0 Å². The van der Waals surface area contributed by atoms with Crippen LogP contribution in [-0.2, 0) is 26.2 Å². The maximum atomic E-state index is 11.7. The SMILES string of the molecule is CCn1cncc1Cn1c(CN2CC(Oc3cccc(COc4ccc(Cl)cc4C#N)c3)C2)nc2ccc(C(=O)O)cc21. The van der Waals surface area contributed by atoms with E-state index < -0.39 is 5.97 Å². The number of nitrogens with zero attached hydrogens (tertiary/aromatic N) is 6. The second kappa shape index (κ2) is 12.2. The Labute approximate surface area is 253 Å². The largest absolute Gasteiger partial charge is 0.488 e. The normalized spacial score (nSPS) is 13.5. The number of imidazole rings is 2. The molecule has 0 aliphatic carbocycles. The van der Waals surface area contributed by atoms with Gasteiger partial charge in [0, 0.05) is 30.9 Å². The topological polar surface area (TPSA) is 118 Å². The minimum atomic E-state index is -0.968. The highest BCUT2D eigenvalue weighted by atomic mass is 35.5. The first-order chi connectivity index (χ1) is 20.9. The summed E-state index contributed by atoms with van der Waals surface area (Å²) in [5.41, 5.74) is 4.11. The molecule has 1 N–H and O–H groups in total. The van der Waals surface area contributed by atoms with Crippen LogP contribution in [-0.4, -0.2) is 54.3 Å². The maximum Gasteiger partial charge on any atom is 0.335 e. The van der Waals surface area contributed by atoms with Crippen molar-refractivity contribution in [1.29, 1.82) is 5.26 Å². The lowest BCUT2D eigenvalue weighted by molar-refractivity contribution is 0.0124. The number of likely N-dealkylation sites (tertiary alicyclic amines) is 1. The quantitative estimate of drug-likeness (QED) is 0.216. The third kappa shape index (κ3) is 6.18. The second-order valence-corrected chi connectivity index (χ2v) is 10.9. The molecule has 2 aromatic heterocycles.